The van der Waals surface area contributed by atoms with Crippen molar-refractivity contribution in [3.63, 3.8) is 0 Å². The largest absolute Gasteiger partial charge is 0.510 e. The molecule has 0 aliphatic heterocycles. The van der Waals surface area contributed by atoms with Gasteiger partial charge in [-0.2, -0.15) is 4.89 Å². The summed E-state index contributed by atoms with van der Waals surface area (Å²) in [5.74, 6) is -1.21. The monoisotopic (exact) mass is 236 g/mol. The second-order valence-electron chi connectivity index (χ2n) is 3.58. The molecule has 0 spiro atoms. The molecular weight excluding hydrogens is 216 g/mol. The van der Waals surface area contributed by atoms with E-state index in [1.165, 1.54) is 13.8 Å². The van der Waals surface area contributed by atoms with Gasteiger partial charge in [0.05, 0.1) is 13.2 Å². The van der Waals surface area contributed by atoms with Crippen molar-refractivity contribution in [2.45, 2.75) is 39.4 Å². The highest BCUT2D eigenvalue weighted by Crippen LogP contribution is 2.13. The van der Waals surface area contributed by atoms with Crippen molar-refractivity contribution in [3.8, 4) is 0 Å². The summed E-state index contributed by atoms with van der Waals surface area (Å²) in [6, 6.07) is 0. The summed E-state index contributed by atoms with van der Waals surface area (Å²) in [6.45, 7) is 5.17. The average molecular weight is 236 g/mol. The van der Waals surface area contributed by atoms with E-state index >= 15 is 0 Å². The smallest absolute Gasteiger partial charge is 0.432 e. The maximum atomic E-state index is 11.0. The van der Waals surface area contributed by atoms with Gasteiger partial charge in [-0.05, 0) is 6.42 Å². The van der Waals surface area contributed by atoms with E-state index in [4.69, 9.17) is 19.6 Å². The van der Waals surface area contributed by atoms with Crippen LogP contribution >= 0.6 is 0 Å². The molecule has 0 amide bonds. The van der Waals surface area contributed by atoms with Gasteiger partial charge in [-0.3, -0.25) is 0 Å². The first-order chi connectivity index (χ1) is 7.52. The van der Waals surface area contributed by atoms with E-state index in [1.54, 1.807) is 0 Å². The van der Waals surface area contributed by atoms with Crippen LogP contribution in [-0.4, -0.2) is 36.9 Å². The third-order valence-electron chi connectivity index (χ3n) is 1.48. The Morgan fingerprint density at radius 2 is 2.00 bits per heavy atom. The third kappa shape index (κ3) is 8.46. The van der Waals surface area contributed by atoms with Gasteiger partial charge in [-0.25, -0.2) is 9.68 Å². The molecule has 96 valence electrons. The third-order valence-corrected chi connectivity index (χ3v) is 1.48. The van der Waals surface area contributed by atoms with E-state index in [0.717, 1.165) is 12.8 Å². The van der Waals surface area contributed by atoms with Gasteiger partial charge in [0.2, 0.25) is 5.79 Å². The number of aliphatic hydroxyl groups excluding tert-OH is 1. The Hall–Kier alpha value is -0.850. The van der Waals surface area contributed by atoms with Gasteiger partial charge in [0.15, 0.2) is 0 Å². The highest BCUT2D eigenvalue weighted by atomic mass is 17.2. The SMILES string of the molecule is CCCCOOC(C)(C)OC(=O)OCCO. The Bertz CT molecular complexity index is 192. The van der Waals surface area contributed by atoms with Crippen LogP contribution in [0, 0.1) is 0 Å². The molecule has 0 atom stereocenters. The maximum Gasteiger partial charge on any atom is 0.510 e. The summed E-state index contributed by atoms with van der Waals surface area (Å²) < 4.78 is 9.31. The second-order valence-corrected chi connectivity index (χ2v) is 3.58. The summed E-state index contributed by atoms with van der Waals surface area (Å²) in [7, 11) is 0. The van der Waals surface area contributed by atoms with Crippen LogP contribution in [0.15, 0.2) is 0 Å². The van der Waals surface area contributed by atoms with Gasteiger partial charge >= 0.3 is 6.16 Å². The second kappa shape index (κ2) is 8.32. The van der Waals surface area contributed by atoms with Crippen LogP contribution in [0.1, 0.15) is 33.6 Å². The molecular formula is C10H20O6. The lowest BCUT2D eigenvalue weighted by atomic mass is 10.4. The summed E-state index contributed by atoms with van der Waals surface area (Å²) in [5.41, 5.74) is 0. The Kier molecular flexibility index (Phi) is 7.88. The first kappa shape index (κ1) is 15.2. The number of carbonyl (C=O) groups is 1. The number of aliphatic hydroxyl groups is 1. The van der Waals surface area contributed by atoms with Crippen molar-refractivity contribution < 1.29 is 29.1 Å². The maximum absolute atomic E-state index is 11.0. The van der Waals surface area contributed by atoms with Gasteiger partial charge in [-0.15, -0.1) is 0 Å². The van der Waals surface area contributed by atoms with Gasteiger partial charge in [-0.1, -0.05) is 13.3 Å². The molecule has 0 aromatic carbocycles. The fourth-order valence-electron chi connectivity index (χ4n) is 0.763. The molecule has 0 heterocycles. The molecule has 1 N–H and O–H groups in total. The molecule has 0 aliphatic carbocycles. The number of hydrogen-bond donors (Lipinski definition) is 1. The van der Waals surface area contributed by atoms with E-state index in [9.17, 15) is 4.79 Å². The van der Waals surface area contributed by atoms with Crippen LogP contribution in [0.25, 0.3) is 0 Å². The molecule has 0 aromatic heterocycles. The summed E-state index contributed by atoms with van der Waals surface area (Å²) in [6.07, 6.45) is 0.951. The van der Waals surface area contributed by atoms with E-state index < -0.39 is 11.9 Å². The number of hydrogen-bond acceptors (Lipinski definition) is 6. The Morgan fingerprint density at radius 3 is 2.56 bits per heavy atom. The zero-order valence-electron chi connectivity index (χ0n) is 10.0. The molecule has 0 saturated carbocycles. The molecule has 0 unspecified atom stereocenters. The Balaban J connectivity index is 3.71. The molecule has 0 saturated heterocycles. The highest BCUT2D eigenvalue weighted by Gasteiger charge is 2.26. The van der Waals surface area contributed by atoms with Gasteiger partial charge in [0.25, 0.3) is 0 Å². The molecule has 0 rings (SSSR count). The summed E-state index contributed by atoms with van der Waals surface area (Å²) in [5, 5.41) is 8.43. The first-order valence-electron chi connectivity index (χ1n) is 5.29. The molecule has 6 heteroatoms. The molecule has 0 radical (unpaired) electrons. The molecule has 16 heavy (non-hydrogen) atoms. The molecule has 0 aliphatic rings. The van der Waals surface area contributed by atoms with Crippen molar-refractivity contribution in [1.82, 2.24) is 0 Å². The lowest BCUT2D eigenvalue weighted by molar-refractivity contribution is -0.407. The average Bonchev–Trinajstić information content (AvgIpc) is 2.21. The van der Waals surface area contributed by atoms with E-state index in [0.29, 0.717) is 6.61 Å². The van der Waals surface area contributed by atoms with Crippen LogP contribution in [0.4, 0.5) is 4.79 Å². The minimum absolute atomic E-state index is 0.106. The summed E-state index contributed by atoms with van der Waals surface area (Å²) >= 11 is 0. The molecule has 0 fully saturated rings. The van der Waals surface area contributed by atoms with Gasteiger partial charge in [0, 0.05) is 13.8 Å². The number of ether oxygens (including phenoxy) is 2. The zero-order valence-corrected chi connectivity index (χ0v) is 10.0. The number of unbranched alkanes of at least 4 members (excludes halogenated alkanes) is 1. The van der Waals surface area contributed by atoms with Crippen LogP contribution in [0.3, 0.4) is 0 Å². The van der Waals surface area contributed by atoms with E-state index in [-0.39, 0.29) is 13.2 Å². The van der Waals surface area contributed by atoms with Gasteiger partial charge in [0.1, 0.15) is 6.61 Å². The standard InChI is InChI=1S/C10H20O6/c1-4-5-7-14-16-10(2,3)15-9(12)13-8-6-11/h11H,4-8H2,1-3H3. The zero-order chi connectivity index (χ0) is 12.4. The predicted octanol–water partition coefficient (Wildman–Crippen LogP) is 1.62. The fourth-order valence-corrected chi connectivity index (χ4v) is 0.763. The highest BCUT2D eigenvalue weighted by molar-refractivity contribution is 5.60. The Morgan fingerprint density at radius 1 is 1.31 bits per heavy atom. The Labute approximate surface area is 95.4 Å². The molecule has 6 nitrogen and oxygen atoms in total. The predicted molar refractivity (Wildman–Crippen MR) is 55.5 cm³/mol. The molecule has 0 aromatic rings. The molecule has 0 bridgehead atoms. The topological polar surface area (TPSA) is 74.2 Å². The normalized spacial score (nSPS) is 11.2. The minimum Gasteiger partial charge on any atom is -0.432 e. The lowest BCUT2D eigenvalue weighted by Crippen LogP contribution is -2.32. The van der Waals surface area contributed by atoms with Crippen molar-refractivity contribution in [2.24, 2.45) is 0 Å². The minimum atomic E-state index is -1.21. The quantitative estimate of drug-likeness (QED) is 0.227. The van der Waals surface area contributed by atoms with Crippen molar-refractivity contribution in [1.29, 1.82) is 0 Å². The number of rotatable bonds is 8. The van der Waals surface area contributed by atoms with Crippen LogP contribution in [-0.2, 0) is 19.2 Å². The summed E-state index contributed by atoms with van der Waals surface area (Å²) in [4.78, 5) is 20.8. The van der Waals surface area contributed by atoms with Crippen molar-refractivity contribution in [2.75, 3.05) is 19.8 Å². The van der Waals surface area contributed by atoms with E-state index in [1.807, 2.05) is 6.92 Å². The van der Waals surface area contributed by atoms with Crippen LogP contribution in [0.5, 0.6) is 0 Å². The van der Waals surface area contributed by atoms with E-state index in [2.05, 4.69) is 4.74 Å². The van der Waals surface area contributed by atoms with Crippen molar-refractivity contribution >= 4 is 6.16 Å². The first-order valence-corrected chi connectivity index (χ1v) is 5.29. The lowest BCUT2D eigenvalue weighted by Gasteiger charge is -2.22. The van der Waals surface area contributed by atoms with Crippen molar-refractivity contribution in [3.05, 3.63) is 0 Å². The van der Waals surface area contributed by atoms with Crippen LogP contribution in [0.2, 0.25) is 0 Å². The van der Waals surface area contributed by atoms with Gasteiger partial charge < -0.3 is 14.6 Å². The number of carbonyl (C=O) groups excluding carboxylic acids is 1. The van der Waals surface area contributed by atoms with Crippen LogP contribution < -0.4 is 0 Å². The fraction of sp³-hybridized carbons (Fsp3) is 0.900.